The molecule has 15 nitrogen and oxygen atoms in total. The van der Waals surface area contributed by atoms with E-state index in [0.29, 0.717) is 6.42 Å². The Bertz CT molecular complexity index is 468. The van der Waals surface area contributed by atoms with Gasteiger partial charge in [0.25, 0.3) is 0 Å². The highest BCUT2D eigenvalue weighted by Gasteiger charge is 3.02. The van der Waals surface area contributed by atoms with Crippen LogP contribution in [-0.4, -0.2) is 36.1 Å². The summed E-state index contributed by atoms with van der Waals surface area (Å²) < 4.78 is 0. The standard InChI is InChI=1S/C7H11N5O10/c1-2-3-4-5-6(8(13)14,9(15)16)7(10(17)18,11(19)20)12(21)22/h2-5H2,1H3. The maximum Gasteiger partial charge on any atom is 0.840 e. The van der Waals surface area contributed by atoms with Gasteiger partial charge in [-0.25, -0.2) is 0 Å². The van der Waals surface area contributed by atoms with E-state index in [4.69, 9.17) is 0 Å². The maximum atomic E-state index is 11.1. The Morgan fingerprint density at radius 3 is 1.27 bits per heavy atom. The quantitative estimate of drug-likeness (QED) is 0.231. The van der Waals surface area contributed by atoms with Crippen molar-refractivity contribution in [3.8, 4) is 0 Å². The average Bonchev–Trinajstić information content (AvgIpc) is 2.35. The second-order valence-corrected chi connectivity index (χ2v) is 4.19. The fourth-order valence-corrected chi connectivity index (χ4v) is 1.92. The van der Waals surface area contributed by atoms with E-state index in [2.05, 4.69) is 0 Å². The van der Waals surface area contributed by atoms with Crippen LogP contribution in [0.4, 0.5) is 0 Å². The van der Waals surface area contributed by atoms with Gasteiger partial charge in [-0.15, -0.1) is 0 Å². The first-order valence-corrected chi connectivity index (χ1v) is 5.75. The summed E-state index contributed by atoms with van der Waals surface area (Å²) in [7, 11) is 0. The fraction of sp³-hybridized carbons (Fsp3) is 1.00. The van der Waals surface area contributed by atoms with E-state index in [1.165, 1.54) is 0 Å². The zero-order valence-corrected chi connectivity index (χ0v) is 11.1. The van der Waals surface area contributed by atoms with Gasteiger partial charge in [0.2, 0.25) is 0 Å². The summed E-state index contributed by atoms with van der Waals surface area (Å²) >= 11 is 0. The normalized spacial score (nSPS) is 11.7. The van der Waals surface area contributed by atoms with Crippen LogP contribution < -0.4 is 0 Å². The molecule has 0 bridgehead atoms. The Labute approximate surface area is 120 Å². The van der Waals surface area contributed by atoms with Gasteiger partial charge in [0, 0.05) is 0 Å². The Morgan fingerprint density at radius 1 is 0.682 bits per heavy atom. The van der Waals surface area contributed by atoms with Crippen LogP contribution in [0, 0.1) is 50.6 Å². The molecule has 0 radical (unpaired) electrons. The molecule has 0 aliphatic carbocycles. The van der Waals surface area contributed by atoms with E-state index in [1.54, 1.807) is 6.92 Å². The van der Waals surface area contributed by atoms with Crippen LogP contribution in [0.25, 0.3) is 0 Å². The molecule has 0 aromatic heterocycles. The van der Waals surface area contributed by atoms with Crippen molar-refractivity contribution in [3.63, 3.8) is 0 Å². The molecule has 0 heterocycles. The van der Waals surface area contributed by atoms with Crippen molar-refractivity contribution in [2.75, 3.05) is 0 Å². The number of nitrogens with zero attached hydrogens (tertiary/aromatic N) is 5. The van der Waals surface area contributed by atoms with Gasteiger partial charge in [0.1, 0.15) is 16.3 Å². The molecule has 0 fully saturated rings. The molecule has 0 aliphatic heterocycles. The van der Waals surface area contributed by atoms with Gasteiger partial charge in [0.05, 0.1) is 0 Å². The third-order valence-corrected chi connectivity index (χ3v) is 3.03. The number of hydrogen-bond acceptors (Lipinski definition) is 10. The molecule has 0 rings (SSSR count). The number of hydrogen-bond donors (Lipinski definition) is 0. The average molecular weight is 325 g/mol. The lowest BCUT2D eigenvalue weighted by atomic mass is 9.95. The summed E-state index contributed by atoms with van der Waals surface area (Å²) in [4.78, 5) is 44.4. The molecule has 22 heavy (non-hydrogen) atoms. The van der Waals surface area contributed by atoms with Crippen molar-refractivity contribution in [1.29, 1.82) is 0 Å². The first kappa shape index (κ1) is 19.0. The van der Waals surface area contributed by atoms with Crippen molar-refractivity contribution in [3.05, 3.63) is 50.6 Å². The molecule has 0 spiro atoms. The largest absolute Gasteiger partial charge is 0.840 e. The minimum Gasteiger partial charge on any atom is -0.258 e. The predicted octanol–water partition coefficient (Wildman–Crippen LogP) is 0.300. The van der Waals surface area contributed by atoms with Crippen LogP contribution in [0.1, 0.15) is 32.6 Å². The van der Waals surface area contributed by atoms with Crippen LogP contribution in [0.2, 0.25) is 0 Å². The Morgan fingerprint density at radius 2 is 1.05 bits per heavy atom. The van der Waals surface area contributed by atoms with Crippen LogP contribution in [0.3, 0.4) is 0 Å². The molecule has 0 aromatic carbocycles. The second-order valence-electron chi connectivity index (χ2n) is 4.19. The first-order chi connectivity index (χ1) is 10.0. The topological polar surface area (TPSA) is 216 Å². The third kappa shape index (κ3) is 2.47. The number of unbranched alkanes of at least 4 members (excludes halogenated alkanes) is 2. The van der Waals surface area contributed by atoms with E-state index < -0.39 is 48.9 Å². The summed E-state index contributed by atoms with van der Waals surface area (Å²) in [5.41, 5.74) is -4.22. The van der Waals surface area contributed by atoms with Crippen LogP contribution >= 0.6 is 0 Å². The summed E-state index contributed by atoms with van der Waals surface area (Å²) in [6, 6.07) is 0. The van der Waals surface area contributed by atoms with Gasteiger partial charge >= 0.3 is 11.4 Å². The lowest BCUT2D eigenvalue weighted by molar-refractivity contribution is -1.05. The predicted molar refractivity (Wildman–Crippen MR) is 64.6 cm³/mol. The Kier molecular flexibility index (Phi) is 5.73. The van der Waals surface area contributed by atoms with E-state index >= 15 is 0 Å². The highest BCUT2D eigenvalue weighted by Crippen LogP contribution is 2.36. The highest BCUT2D eigenvalue weighted by molar-refractivity contribution is 4.78. The molecular formula is C7H11N5O10. The Hall–Kier alpha value is -3.00. The zero-order valence-electron chi connectivity index (χ0n) is 11.1. The van der Waals surface area contributed by atoms with Gasteiger partial charge in [-0.05, 0) is 6.42 Å². The SMILES string of the molecule is CCCCCC([N+](=O)[O-])([N+](=O)[O-])C([N+](=O)[O-])([N+](=O)[O-])[N+](=O)[O-]. The molecule has 0 atom stereocenters. The molecule has 15 heteroatoms. The van der Waals surface area contributed by atoms with Gasteiger partial charge < -0.3 is 0 Å². The molecule has 0 saturated heterocycles. The van der Waals surface area contributed by atoms with Crippen LogP contribution in [0.15, 0.2) is 0 Å². The summed E-state index contributed by atoms with van der Waals surface area (Å²) in [6.45, 7) is 1.59. The lowest BCUT2D eigenvalue weighted by Crippen LogP contribution is -2.75. The lowest BCUT2D eigenvalue weighted by Gasteiger charge is -2.17. The molecule has 0 amide bonds. The van der Waals surface area contributed by atoms with Crippen molar-refractivity contribution in [2.45, 2.75) is 44.1 Å². The van der Waals surface area contributed by atoms with Crippen molar-refractivity contribution >= 4 is 0 Å². The van der Waals surface area contributed by atoms with E-state index in [1.807, 2.05) is 0 Å². The molecule has 124 valence electrons. The van der Waals surface area contributed by atoms with E-state index in [-0.39, 0.29) is 6.42 Å². The third-order valence-electron chi connectivity index (χ3n) is 3.03. The van der Waals surface area contributed by atoms with Gasteiger partial charge in [-0.2, -0.15) is 0 Å². The molecule has 0 N–H and O–H groups in total. The monoisotopic (exact) mass is 325 g/mol. The second kappa shape index (κ2) is 6.64. The van der Waals surface area contributed by atoms with Crippen LogP contribution in [0.5, 0.6) is 0 Å². The molecule has 0 aromatic rings. The van der Waals surface area contributed by atoms with Crippen molar-refractivity contribution in [2.24, 2.45) is 0 Å². The zero-order chi connectivity index (χ0) is 17.7. The minimum atomic E-state index is -4.83. The summed E-state index contributed by atoms with van der Waals surface area (Å²) in [6.07, 6.45) is -1.26. The molecule has 0 unspecified atom stereocenters. The molecular weight excluding hydrogens is 314 g/mol. The smallest absolute Gasteiger partial charge is 0.258 e. The first-order valence-electron chi connectivity index (χ1n) is 5.75. The maximum absolute atomic E-state index is 11.1. The highest BCUT2D eigenvalue weighted by atomic mass is 16.8. The van der Waals surface area contributed by atoms with Gasteiger partial charge in [-0.1, -0.05) is 19.8 Å². The van der Waals surface area contributed by atoms with Gasteiger partial charge in [-0.3, -0.25) is 50.6 Å². The van der Waals surface area contributed by atoms with E-state index in [0.717, 1.165) is 0 Å². The molecule has 0 saturated carbocycles. The molecule has 0 aliphatic rings. The number of nitro groups is 5. The Balaban J connectivity index is 6.60. The van der Waals surface area contributed by atoms with E-state index in [9.17, 15) is 50.6 Å². The van der Waals surface area contributed by atoms with Crippen molar-refractivity contribution in [1.82, 2.24) is 0 Å². The summed E-state index contributed by atoms with van der Waals surface area (Å²) in [5.74, 6) is -4.83. The summed E-state index contributed by atoms with van der Waals surface area (Å²) in [5, 5.41) is 54.9. The minimum absolute atomic E-state index is 0.104. The van der Waals surface area contributed by atoms with Crippen LogP contribution in [-0.2, 0) is 0 Å². The van der Waals surface area contributed by atoms with Crippen molar-refractivity contribution < 1.29 is 24.6 Å². The van der Waals surface area contributed by atoms with Gasteiger partial charge in [0.15, 0.2) is 14.8 Å². The number of rotatable bonds is 10. The fourth-order valence-electron chi connectivity index (χ4n) is 1.92.